The van der Waals surface area contributed by atoms with E-state index in [4.69, 9.17) is 10.5 Å². The second-order valence-electron chi connectivity index (χ2n) is 5.53. The van der Waals surface area contributed by atoms with E-state index in [0.717, 1.165) is 32.6 Å². The molecule has 2 N–H and O–H groups in total. The van der Waals surface area contributed by atoms with E-state index in [2.05, 4.69) is 30.6 Å². The van der Waals surface area contributed by atoms with Gasteiger partial charge in [0.15, 0.2) is 0 Å². The van der Waals surface area contributed by atoms with Crippen LogP contribution in [-0.4, -0.2) is 67.8 Å². The van der Waals surface area contributed by atoms with Crippen molar-refractivity contribution in [2.75, 3.05) is 46.4 Å². The van der Waals surface area contributed by atoms with Crippen LogP contribution in [0.4, 0.5) is 0 Å². The molecule has 1 saturated heterocycles. The Bertz CT molecular complexity index is 213. The van der Waals surface area contributed by atoms with Gasteiger partial charge in [-0.25, -0.2) is 0 Å². The van der Waals surface area contributed by atoms with Crippen LogP contribution >= 0.6 is 0 Å². The first kappa shape index (κ1) is 14.9. The maximum atomic E-state index is 5.92. The van der Waals surface area contributed by atoms with Gasteiger partial charge in [-0.3, -0.25) is 4.90 Å². The fraction of sp³-hybridized carbons (Fsp3) is 1.00. The van der Waals surface area contributed by atoms with Gasteiger partial charge in [0.2, 0.25) is 0 Å². The Balaban J connectivity index is 2.46. The highest BCUT2D eigenvalue weighted by molar-refractivity contribution is 4.84. The summed E-state index contributed by atoms with van der Waals surface area (Å²) >= 11 is 0. The Morgan fingerprint density at radius 3 is 2.24 bits per heavy atom. The SMILES string of the molecule is CCN1CCN(C(CN)CC(C)(C)OC)CC1. The molecule has 1 aliphatic rings. The van der Waals surface area contributed by atoms with E-state index in [9.17, 15) is 0 Å². The summed E-state index contributed by atoms with van der Waals surface area (Å²) in [5, 5.41) is 0. The van der Waals surface area contributed by atoms with Crippen LogP contribution in [0.25, 0.3) is 0 Å². The summed E-state index contributed by atoms with van der Waals surface area (Å²) in [5.74, 6) is 0. The lowest BCUT2D eigenvalue weighted by Crippen LogP contribution is -2.53. The molecule has 1 unspecified atom stereocenters. The fourth-order valence-corrected chi connectivity index (χ4v) is 2.46. The lowest BCUT2D eigenvalue weighted by molar-refractivity contribution is -0.0144. The predicted molar refractivity (Wildman–Crippen MR) is 72.2 cm³/mol. The normalized spacial score (nSPS) is 21.7. The van der Waals surface area contributed by atoms with Gasteiger partial charge < -0.3 is 15.4 Å². The zero-order chi connectivity index (χ0) is 12.9. The molecule has 0 amide bonds. The van der Waals surface area contributed by atoms with E-state index in [1.54, 1.807) is 7.11 Å². The Hall–Kier alpha value is -0.160. The van der Waals surface area contributed by atoms with Crippen molar-refractivity contribution in [1.29, 1.82) is 0 Å². The van der Waals surface area contributed by atoms with Gasteiger partial charge in [0.25, 0.3) is 0 Å². The third-order valence-electron chi connectivity index (χ3n) is 3.92. The molecular formula is C13H29N3O. The second kappa shape index (κ2) is 6.69. The fourth-order valence-electron chi connectivity index (χ4n) is 2.46. The number of likely N-dealkylation sites (N-methyl/N-ethyl adjacent to an activating group) is 1. The summed E-state index contributed by atoms with van der Waals surface area (Å²) in [6, 6.07) is 0.448. The second-order valence-corrected chi connectivity index (χ2v) is 5.53. The monoisotopic (exact) mass is 243 g/mol. The molecule has 0 saturated carbocycles. The van der Waals surface area contributed by atoms with E-state index in [-0.39, 0.29) is 5.60 Å². The largest absolute Gasteiger partial charge is 0.379 e. The van der Waals surface area contributed by atoms with E-state index in [0.29, 0.717) is 6.04 Å². The van der Waals surface area contributed by atoms with Crippen molar-refractivity contribution >= 4 is 0 Å². The highest BCUT2D eigenvalue weighted by Gasteiger charge is 2.28. The van der Waals surface area contributed by atoms with Crippen LogP contribution in [0.15, 0.2) is 0 Å². The van der Waals surface area contributed by atoms with Crippen molar-refractivity contribution in [3.05, 3.63) is 0 Å². The highest BCUT2D eigenvalue weighted by atomic mass is 16.5. The first-order valence-corrected chi connectivity index (χ1v) is 6.74. The van der Waals surface area contributed by atoms with Gasteiger partial charge in [-0.05, 0) is 26.8 Å². The molecule has 1 heterocycles. The van der Waals surface area contributed by atoms with Crippen LogP contribution in [0, 0.1) is 0 Å². The molecule has 0 spiro atoms. The van der Waals surface area contributed by atoms with Gasteiger partial charge in [-0.2, -0.15) is 0 Å². The molecule has 17 heavy (non-hydrogen) atoms. The Labute approximate surface area is 106 Å². The molecule has 0 bridgehead atoms. The molecule has 0 aliphatic carbocycles. The Morgan fingerprint density at radius 1 is 1.24 bits per heavy atom. The third-order valence-corrected chi connectivity index (χ3v) is 3.92. The first-order valence-electron chi connectivity index (χ1n) is 6.74. The number of piperazine rings is 1. The van der Waals surface area contributed by atoms with Crippen LogP contribution < -0.4 is 5.73 Å². The summed E-state index contributed by atoms with van der Waals surface area (Å²) in [6.45, 7) is 13.0. The number of nitrogens with zero attached hydrogens (tertiary/aromatic N) is 2. The molecule has 0 aromatic heterocycles. The van der Waals surface area contributed by atoms with Crippen LogP contribution in [0.1, 0.15) is 27.2 Å². The standard InChI is InChI=1S/C13H29N3O/c1-5-15-6-8-16(9-7-15)12(11-14)10-13(2,3)17-4/h12H,5-11,14H2,1-4H3. The quantitative estimate of drug-likeness (QED) is 0.748. The van der Waals surface area contributed by atoms with Crippen molar-refractivity contribution in [3.8, 4) is 0 Å². The molecule has 0 aromatic rings. The van der Waals surface area contributed by atoms with Crippen molar-refractivity contribution in [1.82, 2.24) is 9.80 Å². The van der Waals surface area contributed by atoms with E-state index < -0.39 is 0 Å². The summed E-state index contributed by atoms with van der Waals surface area (Å²) in [7, 11) is 1.78. The molecular weight excluding hydrogens is 214 g/mol. The smallest absolute Gasteiger partial charge is 0.0638 e. The van der Waals surface area contributed by atoms with Crippen LogP contribution in [0.5, 0.6) is 0 Å². The summed E-state index contributed by atoms with van der Waals surface area (Å²) in [4.78, 5) is 5.01. The number of methoxy groups -OCH3 is 1. The van der Waals surface area contributed by atoms with E-state index in [1.807, 2.05) is 0 Å². The summed E-state index contributed by atoms with van der Waals surface area (Å²) < 4.78 is 5.51. The van der Waals surface area contributed by atoms with Gasteiger partial charge in [0, 0.05) is 45.9 Å². The van der Waals surface area contributed by atoms with Gasteiger partial charge in [-0.1, -0.05) is 6.92 Å². The number of rotatable bonds is 6. The molecule has 1 aliphatic heterocycles. The number of nitrogens with two attached hydrogens (primary N) is 1. The Morgan fingerprint density at radius 2 is 1.82 bits per heavy atom. The lowest BCUT2D eigenvalue weighted by Gasteiger charge is -2.41. The predicted octanol–water partition coefficient (Wildman–Crippen LogP) is 0.766. The van der Waals surface area contributed by atoms with Crippen molar-refractivity contribution in [3.63, 3.8) is 0 Å². The van der Waals surface area contributed by atoms with Crippen molar-refractivity contribution in [2.45, 2.75) is 38.8 Å². The zero-order valence-corrected chi connectivity index (χ0v) is 11.9. The zero-order valence-electron chi connectivity index (χ0n) is 11.9. The third kappa shape index (κ3) is 4.54. The van der Waals surface area contributed by atoms with Gasteiger partial charge in [-0.15, -0.1) is 0 Å². The molecule has 0 radical (unpaired) electrons. The van der Waals surface area contributed by atoms with E-state index >= 15 is 0 Å². The Kier molecular flexibility index (Phi) is 5.86. The van der Waals surface area contributed by atoms with Gasteiger partial charge >= 0.3 is 0 Å². The van der Waals surface area contributed by atoms with Crippen LogP contribution in [0.3, 0.4) is 0 Å². The van der Waals surface area contributed by atoms with Crippen LogP contribution in [-0.2, 0) is 4.74 Å². The average Bonchev–Trinajstić information content (AvgIpc) is 2.36. The number of hydrogen-bond acceptors (Lipinski definition) is 4. The molecule has 1 fully saturated rings. The first-order chi connectivity index (χ1) is 8.02. The molecule has 1 atom stereocenters. The van der Waals surface area contributed by atoms with Crippen molar-refractivity contribution in [2.24, 2.45) is 5.73 Å². The maximum Gasteiger partial charge on any atom is 0.0638 e. The molecule has 4 heteroatoms. The lowest BCUT2D eigenvalue weighted by atomic mass is 9.97. The minimum Gasteiger partial charge on any atom is -0.379 e. The summed E-state index contributed by atoms with van der Waals surface area (Å²) in [5.41, 5.74) is 5.84. The highest BCUT2D eigenvalue weighted by Crippen LogP contribution is 2.19. The maximum absolute atomic E-state index is 5.92. The molecule has 0 aromatic carbocycles. The van der Waals surface area contributed by atoms with Gasteiger partial charge in [0.1, 0.15) is 0 Å². The average molecular weight is 243 g/mol. The number of ether oxygens (including phenoxy) is 1. The topological polar surface area (TPSA) is 41.7 Å². The molecule has 102 valence electrons. The minimum absolute atomic E-state index is 0.0775. The molecule has 4 nitrogen and oxygen atoms in total. The van der Waals surface area contributed by atoms with Crippen molar-refractivity contribution < 1.29 is 4.74 Å². The van der Waals surface area contributed by atoms with Gasteiger partial charge in [0.05, 0.1) is 5.60 Å². The van der Waals surface area contributed by atoms with E-state index in [1.165, 1.54) is 13.1 Å². The van der Waals surface area contributed by atoms with Crippen LogP contribution in [0.2, 0.25) is 0 Å². The molecule has 1 rings (SSSR count). The number of hydrogen-bond donors (Lipinski definition) is 1. The summed E-state index contributed by atoms with van der Waals surface area (Å²) in [6.07, 6.45) is 1.01. The minimum atomic E-state index is -0.0775.